The number of nitrogens with zero attached hydrogens (tertiary/aromatic N) is 1. The van der Waals surface area contributed by atoms with Crippen molar-refractivity contribution in [2.24, 2.45) is 0 Å². The van der Waals surface area contributed by atoms with Crippen LogP contribution in [0.2, 0.25) is 0 Å². The van der Waals surface area contributed by atoms with Gasteiger partial charge in [0.05, 0.1) is 11.4 Å². The van der Waals surface area contributed by atoms with E-state index in [9.17, 15) is 14.0 Å². The molecule has 0 radical (unpaired) electrons. The van der Waals surface area contributed by atoms with Crippen LogP contribution < -0.4 is 5.32 Å². The van der Waals surface area contributed by atoms with Crippen molar-refractivity contribution in [1.29, 1.82) is 0 Å². The number of aromatic hydroxyl groups is 1. The maximum atomic E-state index is 13.7. The van der Waals surface area contributed by atoms with E-state index in [1.54, 1.807) is 31.3 Å². The Hall–Kier alpha value is -4.39. The lowest BCUT2D eigenvalue weighted by Gasteiger charge is -2.24. The Morgan fingerprint density at radius 2 is 1.65 bits per heavy atom. The van der Waals surface area contributed by atoms with Crippen LogP contribution in [0.4, 0.5) is 10.1 Å². The second kappa shape index (κ2) is 16.3. The third kappa shape index (κ3) is 8.34. The number of ether oxygens (including phenoxy) is 1. The minimum atomic E-state index is -0.304. The summed E-state index contributed by atoms with van der Waals surface area (Å²) in [5.41, 5.74) is 5.91. The molecule has 1 aromatic heterocycles. The molecule has 1 saturated heterocycles. The molecule has 7 heteroatoms. The van der Waals surface area contributed by atoms with E-state index in [1.165, 1.54) is 12.1 Å². The molecular weight excluding hydrogens is 543 g/mol. The van der Waals surface area contributed by atoms with E-state index < -0.39 is 0 Å². The van der Waals surface area contributed by atoms with Crippen LogP contribution in [0.25, 0.3) is 22.4 Å². The molecule has 1 unspecified atom stereocenters. The molecule has 0 bridgehead atoms. The standard InChI is InChI=1S/C27H28FNO3.C7H9NO.C2H6/c1-18(2)26-23(17-30)25(19-7-4-3-5-8-19)27(20-11-13-21(28)14-12-20)29(26)16-15-22-9-6-10-24(31)32-22;1-8-6-4-2-3-5-7(6)9;1-2/h3-5,7-8,11-14,17-18,22H,6,9-10,15-16H2,1-2H3;2-5,8-9H,1H3;1-2H3. The highest BCUT2D eigenvalue weighted by atomic mass is 19.1. The van der Waals surface area contributed by atoms with Gasteiger partial charge < -0.3 is 19.7 Å². The first-order valence-electron chi connectivity index (χ1n) is 15.0. The normalized spacial score (nSPS) is 14.1. The van der Waals surface area contributed by atoms with E-state index >= 15 is 0 Å². The summed E-state index contributed by atoms with van der Waals surface area (Å²) in [5.74, 6) is -0.0575. The van der Waals surface area contributed by atoms with Gasteiger partial charge in [-0.15, -0.1) is 0 Å². The van der Waals surface area contributed by atoms with Gasteiger partial charge in [-0.1, -0.05) is 70.2 Å². The van der Waals surface area contributed by atoms with Gasteiger partial charge in [0, 0.05) is 43.3 Å². The number of phenolic OH excluding ortho intramolecular Hbond substituents is 1. The molecule has 1 fully saturated rings. The second-order valence-electron chi connectivity index (χ2n) is 10.4. The number of phenols is 1. The van der Waals surface area contributed by atoms with Crippen LogP contribution in [0.1, 0.15) is 75.3 Å². The van der Waals surface area contributed by atoms with Crippen molar-refractivity contribution < 1.29 is 23.8 Å². The Morgan fingerprint density at radius 3 is 2.21 bits per heavy atom. The van der Waals surface area contributed by atoms with Gasteiger partial charge in [-0.2, -0.15) is 0 Å². The zero-order valence-electron chi connectivity index (χ0n) is 25.8. The average molecular weight is 587 g/mol. The van der Waals surface area contributed by atoms with Crippen LogP contribution >= 0.6 is 0 Å². The van der Waals surface area contributed by atoms with E-state index in [2.05, 4.69) is 23.7 Å². The van der Waals surface area contributed by atoms with Crippen molar-refractivity contribution in [2.45, 2.75) is 71.9 Å². The molecule has 4 aromatic rings. The number of aldehydes is 1. The first-order valence-corrected chi connectivity index (χ1v) is 15.0. The number of nitrogens with one attached hydrogen (secondary N) is 1. The quantitative estimate of drug-likeness (QED) is 0.122. The number of rotatable bonds is 8. The van der Waals surface area contributed by atoms with Gasteiger partial charge in [-0.25, -0.2) is 4.39 Å². The summed E-state index contributed by atoms with van der Waals surface area (Å²) in [6, 6.07) is 23.3. The molecule has 0 amide bonds. The predicted octanol–water partition coefficient (Wildman–Crippen LogP) is 8.84. The molecular formula is C36H43FN2O4. The largest absolute Gasteiger partial charge is 0.506 e. The van der Waals surface area contributed by atoms with Crippen LogP contribution in [0.5, 0.6) is 5.75 Å². The minimum Gasteiger partial charge on any atom is -0.506 e. The molecule has 228 valence electrons. The lowest BCUT2D eigenvalue weighted by Crippen LogP contribution is -2.25. The molecule has 43 heavy (non-hydrogen) atoms. The van der Waals surface area contributed by atoms with Crippen LogP contribution in [-0.4, -0.2) is 35.1 Å². The Morgan fingerprint density at radius 1 is 1.00 bits per heavy atom. The number of benzene rings is 3. The molecule has 1 aliphatic rings. The van der Waals surface area contributed by atoms with Gasteiger partial charge in [-0.3, -0.25) is 9.59 Å². The van der Waals surface area contributed by atoms with Gasteiger partial charge in [0.25, 0.3) is 0 Å². The van der Waals surface area contributed by atoms with Crippen molar-refractivity contribution in [2.75, 3.05) is 12.4 Å². The average Bonchev–Trinajstić information content (AvgIpc) is 3.37. The Bertz CT molecular complexity index is 1460. The Balaban J connectivity index is 0.000000390. The zero-order valence-corrected chi connectivity index (χ0v) is 25.8. The minimum absolute atomic E-state index is 0.0979. The fourth-order valence-electron chi connectivity index (χ4n) is 5.37. The van der Waals surface area contributed by atoms with Gasteiger partial charge in [-0.05, 0) is 66.3 Å². The van der Waals surface area contributed by atoms with Gasteiger partial charge in [0.1, 0.15) is 17.7 Å². The number of aromatic nitrogens is 1. The third-order valence-corrected chi connectivity index (χ3v) is 7.24. The highest BCUT2D eigenvalue weighted by molar-refractivity contribution is 5.97. The monoisotopic (exact) mass is 586 g/mol. The summed E-state index contributed by atoms with van der Waals surface area (Å²) in [5, 5.41) is 11.9. The van der Waals surface area contributed by atoms with Crippen LogP contribution in [0.3, 0.4) is 0 Å². The number of esters is 1. The van der Waals surface area contributed by atoms with Crippen LogP contribution in [-0.2, 0) is 16.1 Å². The maximum absolute atomic E-state index is 13.7. The van der Waals surface area contributed by atoms with E-state index in [0.29, 0.717) is 30.7 Å². The number of para-hydroxylation sites is 2. The number of hydrogen-bond acceptors (Lipinski definition) is 5. The number of carbonyl (C=O) groups is 2. The van der Waals surface area contributed by atoms with E-state index in [-0.39, 0.29) is 23.8 Å². The number of anilines is 1. The number of halogens is 1. The molecule has 5 rings (SSSR count). The lowest BCUT2D eigenvalue weighted by molar-refractivity contribution is -0.154. The zero-order chi connectivity index (χ0) is 31.4. The lowest BCUT2D eigenvalue weighted by atomic mass is 9.96. The summed E-state index contributed by atoms with van der Waals surface area (Å²) < 4.78 is 21.4. The summed E-state index contributed by atoms with van der Waals surface area (Å²) in [7, 11) is 1.77. The fourth-order valence-corrected chi connectivity index (χ4v) is 5.37. The van der Waals surface area contributed by atoms with Crippen molar-refractivity contribution in [3.8, 4) is 28.1 Å². The van der Waals surface area contributed by atoms with Crippen molar-refractivity contribution in [3.63, 3.8) is 0 Å². The smallest absolute Gasteiger partial charge is 0.306 e. The van der Waals surface area contributed by atoms with Gasteiger partial charge >= 0.3 is 5.97 Å². The van der Waals surface area contributed by atoms with Gasteiger partial charge in [0.15, 0.2) is 6.29 Å². The molecule has 3 aromatic carbocycles. The SMILES string of the molecule is CC.CC(C)c1c(C=O)c(-c2ccccc2)c(-c2ccc(F)cc2)n1CCC1CCCC(=O)O1.CNc1ccccc1O. The number of hydrogen-bond donors (Lipinski definition) is 2. The third-order valence-electron chi connectivity index (χ3n) is 7.24. The van der Waals surface area contributed by atoms with Gasteiger partial charge in [0.2, 0.25) is 0 Å². The van der Waals surface area contributed by atoms with E-state index in [4.69, 9.17) is 9.84 Å². The molecule has 0 aliphatic carbocycles. The highest BCUT2D eigenvalue weighted by Crippen LogP contribution is 2.41. The van der Waals surface area contributed by atoms with E-state index in [1.807, 2.05) is 56.3 Å². The summed E-state index contributed by atoms with van der Waals surface area (Å²) in [6.07, 6.45) is 3.64. The maximum Gasteiger partial charge on any atom is 0.306 e. The molecule has 0 saturated carbocycles. The topological polar surface area (TPSA) is 80.6 Å². The Labute approximate surface area is 254 Å². The Kier molecular flexibility index (Phi) is 12.6. The molecule has 0 spiro atoms. The number of cyclic esters (lactones) is 1. The van der Waals surface area contributed by atoms with Crippen molar-refractivity contribution >= 4 is 17.9 Å². The molecule has 2 N–H and O–H groups in total. The van der Waals surface area contributed by atoms with E-state index in [0.717, 1.165) is 52.9 Å². The molecule has 1 atom stereocenters. The fraction of sp³-hybridized carbons (Fsp3) is 0.333. The summed E-state index contributed by atoms with van der Waals surface area (Å²) in [6.45, 7) is 8.75. The molecule has 2 heterocycles. The first-order chi connectivity index (χ1) is 20.8. The second-order valence-corrected chi connectivity index (χ2v) is 10.4. The predicted molar refractivity (Wildman–Crippen MR) is 172 cm³/mol. The van der Waals surface area contributed by atoms with Crippen molar-refractivity contribution in [1.82, 2.24) is 4.57 Å². The summed E-state index contributed by atoms with van der Waals surface area (Å²) in [4.78, 5) is 24.1. The molecule has 1 aliphatic heterocycles. The number of carbonyl (C=O) groups excluding carboxylic acids is 2. The van der Waals surface area contributed by atoms with Crippen molar-refractivity contribution in [3.05, 3.63) is 95.9 Å². The highest BCUT2D eigenvalue weighted by Gasteiger charge is 2.27. The summed E-state index contributed by atoms with van der Waals surface area (Å²) >= 11 is 0. The first kappa shape index (κ1) is 33.1. The van der Waals surface area contributed by atoms with Crippen LogP contribution in [0, 0.1) is 5.82 Å². The molecule has 6 nitrogen and oxygen atoms in total. The van der Waals surface area contributed by atoms with Crippen LogP contribution in [0.15, 0.2) is 78.9 Å².